The lowest BCUT2D eigenvalue weighted by atomic mass is 10.5. The fourth-order valence-corrected chi connectivity index (χ4v) is 0.753. The van der Waals surface area contributed by atoms with Crippen molar-refractivity contribution in [2.45, 2.75) is 6.54 Å². The molecule has 0 unspecified atom stereocenters. The van der Waals surface area contributed by atoms with Crippen LogP contribution in [-0.4, -0.2) is 16.3 Å². The molecular weight excluding hydrogens is 130 g/mol. The number of hydrogen-bond acceptors (Lipinski definition) is 2. The highest BCUT2D eigenvalue weighted by molar-refractivity contribution is 4.92. The summed E-state index contributed by atoms with van der Waals surface area (Å²) in [4.78, 5) is 10.9. The van der Waals surface area contributed by atoms with Crippen molar-refractivity contribution in [2.24, 2.45) is 0 Å². The average Bonchev–Trinajstić information content (AvgIpc) is 1.94. The van der Waals surface area contributed by atoms with E-state index in [4.69, 9.17) is 5.11 Å². The van der Waals surface area contributed by atoms with Crippen LogP contribution >= 0.6 is 0 Å². The van der Waals surface area contributed by atoms with Crippen LogP contribution < -0.4 is 5.56 Å². The van der Waals surface area contributed by atoms with Gasteiger partial charge in [-0.25, -0.2) is 0 Å². The van der Waals surface area contributed by atoms with Crippen LogP contribution in [0.2, 0.25) is 0 Å². The number of aromatic nitrogens is 1. The summed E-state index contributed by atoms with van der Waals surface area (Å²) in [7, 11) is 0. The summed E-state index contributed by atoms with van der Waals surface area (Å²) in [6.07, 6.45) is 1.65. The summed E-state index contributed by atoms with van der Waals surface area (Å²) in [6, 6.07) is 4.91. The van der Waals surface area contributed by atoms with Gasteiger partial charge in [0, 0.05) is 18.8 Å². The highest BCUT2D eigenvalue weighted by atomic mass is 16.3. The molecule has 3 nitrogen and oxygen atoms in total. The van der Waals surface area contributed by atoms with Crippen molar-refractivity contribution in [1.82, 2.24) is 4.57 Å². The van der Waals surface area contributed by atoms with Gasteiger partial charge in [0.2, 0.25) is 0 Å². The van der Waals surface area contributed by atoms with Crippen LogP contribution in [0, 0.1) is 0 Å². The van der Waals surface area contributed by atoms with Crippen LogP contribution in [0.15, 0.2) is 29.2 Å². The number of hydrogen-bond donors (Lipinski definition) is 1. The molecule has 1 aromatic heterocycles. The SMILES string of the molecule is O=c1ccccn1CCO. The maximum Gasteiger partial charge on any atom is 0.250 e. The minimum absolute atomic E-state index is 0.00389. The molecule has 0 saturated heterocycles. The summed E-state index contributed by atoms with van der Waals surface area (Å²) in [5.74, 6) is 0. The molecule has 0 aliphatic carbocycles. The predicted molar refractivity (Wildman–Crippen MR) is 37.8 cm³/mol. The molecule has 0 saturated carbocycles. The van der Waals surface area contributed by atoms with Crippen molar-refractivity contribution in [3.8, 4) is 0 Å². The highest BCUT2D eigenvalue weighted by Gasteiger charge is 1.88. The largest absolute Gasteiger partial charge is 0.395 e. The summed E-state index contributed by atoms with van der Waals surface area (Å²) < 4.78 is 1.46. The lowest BCUT2D eigenvalue weighted by molar-refractivity contribution is 0.274. The molecule has 0 aliphatic rings. The van der Waals surface area contributed by atoms with E-state index in [1.54, 1.807) is 18.3 Å². The molecule has 1 rings (SSSR count). The minimum Gasteiger partial charge on any atom is -0.395 e. The van der Waals surface area contributed by atoms with Crippen LogP contribution in [-0.2, 0) is 6.54 Å². The summed E-state index contributed by atoms with van der Waals surface area (Å²) in [6.45, 7) is 0.379. The van der Waals surface area contributed by atoms with E-state index >= 15 is 0 Å². The van der Waals surface area contributed by atoms with Gasteiger partial charge in [-0.1, -0.05) is 6.07 Å². The Hall–Kier alpha value is -1.09. The molecule has 0 bridgehead atoms. The number of rotatable bonds is 2. The number of pyridine rings is 1. The molecule has 0 aliphatic heterocycles. The normalized spacial score (nSPS) is 9.70. The molecule has 1 aromatic rings. The van der Waals surface area contributed by atoms with Crippen molar-refractivity contribution in [3.05, 3.63) is 34.7 Å². The van der Waals surface area contributed by atoms with Gasteiger partial charge in [-0.3, -0.25) is 4.79 Å². The Morgan fingerprint density at radius 3 is 2.90 bits per heavy atom. The third-order valence-corrected chi connectivity index (χ3v) is 1.24. The Morgan fingerprint density at radius 2 is 2.30 bits per heavy atom. The van der Waals surface area contributed by atoms with Gasteiger partial charge in [0.25, 0.3) is 5.56 Å². The van der Waals surface area contributed by atoms with Crippen LogP contribution in [0.4, 0.5) is 0 Å². The quantitative estimate of drug-likeness (QED) is 0.618. The molecule has 10 heavy (non-hydrogen) atoms. The van der Waals surface area contributed by atoms with Gasteiger partial charge in [0.15, 0.2) is 0 Å². The Bertz CT molecular complexity index is 254. The average molecular weight is 139 g/mol. The monoisotopic (exact) mass is 139 g/mol. The van der Waals surface area contributed by atoms with E-state index in [1.165, 1.54) is 10.6 Å². The molecule has 54 valence electrons. The fraction of sp³-hybridized carbons (Fsp3) is 0.286. The molecule has 0 atom stereocenters. The maximum atomic E-state index is 10.9. The molecule has 0 aromatic carbocycles. The Labute approximate surface area is 58.5 Å². The Kier molecular flexibility index (Phi) is 2.23. The zero-order chi connectivity index (χ0) is 7.40. The van der Waals surface area contributed by atoms with Gasteiger partial charge in [0.05, 0.1) is 6.61 Å². The lowest BCUT2D eigenvalue weighted by Gasteiger charge is -1.99. The van der Waals surface area contributed by atoms with E-state index in [0.29, 0.717) is 6.54 Å². The molecule has 3 heteroatoms. The number of aliphatic hydroxyl groups excluding tert-OH is 1. The second-order valence-corrected chi connectivity index (χ2v) is 1.96. The fourth-order valence-electron chi connectivity index (χ4n) is 0.753. The van der Waals surface area contributed by atoms with E-state index in [2.05, 4.69) is 0 Å². The smallest absolute Gasteiger partial charge is 0.250 e. The van der Waals surface area contributed by atoms with Gasteiger partial charge in [-0.15, -0.1) is 0 Å². The van der Waals surface area contributed by atoms with Crippen molar-refractivity contribution < 1.29 is 5.11 Å². The zero-order valence-electron chi connectivity index (χ0n) is 5.53. The zero-order valence-corrected chi connectivity index (χ0v) is 5.53. The van der Waals surface area contributed by atoms with Gasteiger partial charge >= 0.3 is 0 Å². The molecular formula is C7H9NO2. The van der Waals surface area contributed by atoms with Crippen LogP contribution in [0.1, 0.15) is 0 Å². The van der Waals surface area contributed by atoms with Crippen LogP contribution in [0.3, 0.4) is 0 Å². The second kappa shape index (κ2) is 3.17. The molecule has 0 fully saturated rings. The van der Waals surface area contributed by atoms with Crippen molar-refractivity contribution in [3.63, 3.8) is 0 Å². The van der Waals surface area contributed by atoms with Crippen LogP contribution in [0.5, 0.6) is 0 Å². The minimum atomic E-state index is -0.0726. The molecule has 0 spiro atoms. The highest BCUT2D eigenvalue weighted by Crippen LogP contribution is 1.79. The van der Waals surface area contributed by atoms with E-state index < -0.39 is 0 Å². The first-order chi connectivity index (χ1) is 4.84. The maximum absolute atomic E-state index is 10.9. The molecule has 1 heterocycles. The summed E-state index contributed by atoms with van der Waals surface area (Å²) in [5, 5.41) is 8.48. The summed E-state index contributed by atoms with van der Waals surface area (Å²) >= 11 is 0. The van der Waals surface area contributed by atoms with Gasteiger partial charge in [-0.05, 0) is 6.07 Å². The van der Waals surface area contributed by atoms with E-state index in [-0.39, 0.29) is 12.2 Å². The topological polar surface area (TPSA) is 42.2 Å². The summed E-state index contributed by atoms with van der Waals surface area (Å²) in [5.41, 5.74) is -0.0726. The van der Waals surface area contributed by atoms with Crippen molar-refractivity contribution in [2.75, 3.05) is 6.61 Å². The Morgan fingerprint density at radius 1 is 1.50 bits per heavy atom. The molecule has 1 N–H and O–H groups in total. The van der Waals surface area contributed by atoms with E-state index in [0.717, 1.165) is 0 Å². The first-order valence-corrected chi connectivity index (χ1v) is 3.11. The van der Waals surface area contributed by atoms with Crippen molar-refractivity contribution in [1.29, 1.82) is 0 Å². The van der Waals surface area contributed by atoms with Crippen molar-refractivity contribution >= 4 is 0 Å². The number of nitrogens with zero attached hydrogens (tertiary/aromatic N) is 1. The standard InChI is InChI=1S/C7H9NO2/c9-6-5-8-4-2-1-3-7(8)10/h1-4,9H,5-6H2. The number of aliphatic hydroxyl groups is 1. The third kappa shape index (κ3) is 1.45. The first kappa shape index (κ1) is 7.02. The predicted octanol–water partition coefficient (Wildman–Crippen LogP) is -0.159. The third-order valence-electron chi connectivity index (χ3n) is 1.24. The second-order valence-electron chi connectivity index (χ2n) is 1.96. The molecule has 0 radical (unpaired) electrons. The van der Waals surface area contributed by atoms with E-state index in [9.17, 15) is 4.79 Å². The van der Waals surface area contributed by atoms with E-state index in [1.807, 2.05) is 0 Å². The van der Waals surface area contributed by atoms with Crippen LogP contribution in [0.25, 0.3) is 0 Å². The molecule has 0 amide bonds. The van der Waals surface area contributed by atoms with Gasteiger partial charge in [0.1, 0.15) is 0 Å². The van der Waals surface area contributed by atoms with Gasteiger partial charge < -0.3 is 9.67 Å². The lowest BCUT2D eigenvalue weighted by Crippen LogP contribution is -2.19. The first-order valence-electron chi connectivity index (χ1n) is 3.11. The Balaban J connectivity index is 2.92. The van der Waals surface area contributed by atoms with Gasteiger partial charge in [-0.2, -0.15) is 0 Å².